The van der Waals surface area contributed by atoms with Crippen LogP contribution in [-0.4, -0.2) is 32.0 Å². The number of rotatable bonds is 2. The second-order valence-electron chi connectivity index (χ2n) is 3.90. The number of nitrogens with one attached hydrogen (secondary N) is 2. The van der Waals surface area contributed by atoms with Crippen molar-refractivity contribution in [3.63, 3.8) is 0 Å². The molecule has 0 radical (unpaired) electrons. The van der Waals surface area contributed by atoms with Crippen molar-refractivity contribution in [3.05, 3.63) is 35.5 Å². The molecular formula is C13H12N2O5. The molecule has 7 heteroatoms. The Balaban J connectivity index is 2.45. The number of fused-ring (bicyclic) bond motifs is 1. The minimum atomic E-state index is -0.712. The van der Waals surface area contributed by atoms with E-state index in [9.17, 15) is 14.4 Å². The molecule has 0 fully saturated rings. The van der Waals surface area contributed by atoms with Crippen molar-refractivity contribution in [3.8, 4) is 5.75 Å². The zero-order valence-corrected chi connectivity index (χ0v) is 10.9. The van der Waals surface area contributed by atoms with E-state index in [0.29, 0.717) is 11.4 Å². The van der Waals surface area contributed by atoms with Gasteiger partial charge in [0.05, 0.1) is 31.5 Å². The molecule has 2 N–H and O–H groups in total. The summed E-state index contributed by atoms with van der Waals surface area (Å²) < 4.78 is 9.48. The van der Waals surface area contributed by atoms with Crippen molar-refractivity contribution in [1.82, 2.24) is 5.32 Å². The normalized spacial score (nSPS) is 15.8. The number of carbonyl (C=O) groups excluding carboxylic acids is 3. The van der Waals surface area contributed by atoms with Crippen LogP contribution in [0.4, 0.5) is 5.69 Å². The van der Waals surface area contributed by atoms with Gasteiger partial charge in [-0.1, -0.05) is 0 Å². The first-order chi connectivity index (χ1) is 9.55. The summed E-state index contributed by atoms with van der Waals surface area (Å²) in [5.74, 6) is -1.51. The van der Waals surface area contributed by atoms with Crippen molar-refractivity contribution in [2.75, 3.05) is 19.5 Å². The summed E-state index contributed by atoms with van der Waals surface area (Å²) in [6.07, 6.45) is 0.974. The molecule has 0 unspecified atom stereocenters. The highest BCUT2D eigenvalue weighted by atomic mass is 16.5. The molecule has 1 aromatic rings. The van der Waals surface area contributed by atoms with Crippen molar-refractivity contribution in [1.29, 1.82) is 0 Å². The van der Waals surface area contributed by atoms with Crippen LogP contribution in [0.2, 0.25) is 0 Å². The van der Waals surface area contributed by atoms with E-state index in [2.05, 4.69) is 15.4 Å². The van der Waals surface area contributed by atoms with E-state index in [1.165, 1.54) is 20.3 Å². The van der Waals surface area contributed by atoms with Gasteiger partial charge in [0, 0.05) is 0 Å². The summed E-state index contributed by atoms with van der Waals surface area (Å²) in [5.41, 5.74) is 0.560. The van der Waals surface area contributed by atoms with Crippen molar-refractivity contribution >= 4 is 23.5 Å². The second kappa shape index (κ2) is 5.43. The highest BCUT2D eigenvalue weighted by Crippen LogP contribution is 2.25. The monoisotopic (exact) mass is 276 g/mol. The lowest BCUT2D eigenvalue weighted by Gasteiger charge is -2.08. The van der Waals surface area contributed by atoms with Crippen molar-refractivity contribution in [2.45, 2.75) is 0 Å². The minimum Gasteiger partial charge on any atom is -0.497 e. The number of amides is 2. The predicted molar refractivity (Wildman–Crippen MR) is 69.2 cm³/mol. The lowest BCUT2D eigenvalue weighted by molar-refractivity contribution is -0.135. The lowest BCUT2D eigenvalue weighted by atomic mass is 10.1. The van der Waals surface area contributed by atoms with E-state index in [-0.39, 0.29) is 11.3 Å². The number of benzene rings is 1. The fraction of sp³-hybridized carbons (Fsp3) is 0.154. The van der Waals surface area contributed by atoms with E-state index in [1.807, 2.05) is 0 Å². The predicted octanol–water partition coefficient (Wildman–Crippen LogP) is 0.434. The van der Waals surface area contributed by atoms with Gasteiger partial charge >= 0.3 is 5.97 Å². The molecule has 0 aliphatic carbocycles. The second-order valence-corrected chi connectivity index (χ2v) is 3.90. The molecule has 1 aliphatic rings. The van der Waals surface area contributed by atoms with Crippen LogP contribution in [0.3, 0.4) is 0 Å². The number of esters is 1. The number of anilines is 1. The number of carbonyl (C=O) groups is 3. The number of imide groups is 1. The van der Waals surface area contributed by atoms with Gasteiger partial charge in [-0.15, -0.1) is 0 Å². The topological polar surface area (TPSA) is 93.7 Å². The van der Waals surface area contributed by atoms with Crippen LogP contribution in [-0.2, 0) is 14.3 Å². The molecule has 0 saturated heterocycles. The van der Waals surface area contributed by atoms with Gasteiger partial charge < -0.3 is 14.8 Å². The smallest absolute Gasteiger partial charge is 0.332 e. The molecule has 2 amide bonds. The van der Waals surface area contributed by atoms with E-state index in [1.54, 1.807) is 12.1 Å². The summed E-state index contributed by atoms with van der Waals surface area (Å²) >= 11 is 0. The Morgan fingerprint density at radius 3 is 2.55 bits per heavy atom. The zero-order chi connectivity index (χ0) is 14.7. The van der Waals surface area contributed by atoms with E-state index in [4.69, 9.17) is 4.74 Å². The van der Waals surface area contributed by atoms with Crippen LogP contribution in [0.5, 0.6) is 5.75 Å². The number of ether oxygens (including phenoxy) is 2. The zero-order valence-electron chi connectivity index (χ0n) is 10.9. The Hall–Kier alpha value is -2.83. The fourth-order valence-electron chi connectivity index (χ4n) is 1.67. The Morgan fingerprint density at radius 2 is 1.90 bits per heavy atom. The third-order valence-electron chi connectivity index (χ3n) is 2.68. The van der Waals surface area contributed by atoms with Crippen molar-refractivity contribution in [2.24, 2.45) is 0 Å². The standard InChI is InChI=1S/C13H12N2O5/c1-19-7-3-4-9-8(5-7)12(17)15-13(18)10(14-9)6-11(16)20-2/h3-6,14H,1-2H3,(H,15,17,18)/b10-6+. The summed E-state index contributed by atoms with van der Waals surface area (Å²) in [6.45, 7) is 0. The maximum absolute atomic E-state index is 11.9. The van der Waals surface area contributed by atoms with Gasteiger partial charge in [-0.3, -0.25) is 14.9 Å². The molecule has 0 spiro atoms. The van der Waals surface area contributed by atoms with Crippen LogP contribution >= 0.6 is 0 Å². The first-order valence-electron chi connectivity index (χ1n) is 5.65. The minimum absolute atomic E-state index is 0.0749. The molecule has 7 nitrogen and oxygen atoms in total. The van der Waals surface area contributed by atoms with Crippen LogP contribution in [0.15, 0.2) is 30.0 Å². The van der Waals surface area contributed by atoms with Gasteiger partial charge in [0.2, 0.25) is 0 Å². The Morgan fingerprint density at radius 1 is 1.15 bits per heavy atom. The summed E-state index contributed by atoms with van der Waals surface area (Å²) in [5, 5.41) is 4.88. The highest BCUT2D eigenvalue weighted by Gasteiger charge is 2.24. The maximum Gasteiger partial charge on any atom is 0.332 e. The molecule has 1 heterocycles. The molecule has 1 aromatic carbocycles. The molecule has 0 bridgehead atoms. The highest BCUT2D eigenvalue weighted by molar-refractivity contribution is 6.17. The van der Waals surface area contributed by atoms with E-state index >= 15 is 0 Å². The average Bonchev–Trinajstić information content (AvgIpc) is 2.56. The Bertz CT molecular complexity index is 621. The van der Waals surface area contributed by atoms with Crippen LogP contribution in [0, 0.1) is 0 Å². The number of methoxy groups -OCH3 is 2. The lowest BCUT2D eigenvalue weighted by Crippen LogP contribution is -2.30. The number of hydrogen-bond acceptors (Lipinski definition) is 6. The van der Waals surface area contributed by atoms with Gasteiger partial charge in [0.25, 0.3) is 11.8 Å². The molecular weight excluding hydrogens is 264 g/mol. The van der Waals surface area contributed by atoms with E-state index < -0.39 is 17.8 Å². The molecule has 20 heavy (non-hydrogen) atoms. The largest absolute Gasteiger partial charge is 0.497 e. The maximum atomic E-state index is 11.9. The molecule has 104 valence electrons. The van der Waals surface area contributed by atoms with Gasteiger partial charge in [-0.2, -0.15) is 0 Å². The van der Waals surface area contributed by atoms with Crippen LogP contribution in [0.1, 0.15) is 10.4 Å². The third kappa shape index (κ3) is 2.61. The van der Waals surface area contributed by atoms with Gasteiger partial charge in [-0.05, 0) is 18.2 Å². The number of hydrogen-bond donors (Lipinski definition) is 2. The summed E-state index contributed by atoms with van der Waals surface area (Å²) in [4.78, 5) is 34.9. The fourth-order valence-corrected chi connectivity index (χ4v) is 1.67. The molecule has 0 aromatic heterocycles. The van der Waals surface area contributed by atoms with Crippen LogP contribution < -0.4 is 15.4 Å². The summed E-state index contributed by atoms with van der Waals surface area (Å²) in [6, 6.07) is 4.70. The van der Waals surface area contributed by atoms with E-state index in [0.717, 1.165) is 6.08 Å². The average molecular weight is 276 g/mol. The molecule has 2 rings (SSSR count). The van der Waals surface area contributed by atoms with Crippen molar-refractivity contribution < 1.29 is 23.9 Å². The molecule has 0 saturated carbocycles. The Labute approximate surface area is 114 Å². The molecule has 0 atom stereocenters. The van der Waals surface area contributed by atoms with Gasteiger partial charge in [0.1, 0.15) is 11.4 Å². The van der Waals surface area contributed by atoms with Gasteiger partial charge in [0.15, 0.2) is 0 Å². The summed E-state index contributed by atoms with van der Waals surface area (Å²) in [7, 11) is 2.66. The first kappa shape index (κ1) is 13.6. The third-order valence-corrected chi connectivity index (χ3v) is 2.68. The first-order valence-corrected chi connectivity index (χ1v) is 5.65. The quantitative estimate of drug-likeness (QED) is 0.462. The Kier molecular flexibility index (Phi) is 3.69. The molecule has 1 aliphatic heterocycles. The SMILES string of the molecule is COC(=O)/C=C1/Nc2ccc(OC)cc2C(=O)NC1=O. The van der Waals surface area contributed by atoms with Gasteiger partial charge in [-0.25, -0.2) is 4.79 Å². The van der Waals surface area contributed by atoms with Crippen LogP contribution in [0.25, 0.3) is 0 Å².